The molecule has 0 fully saturated rings. The zero-order valence-electron chi connectivity index (χ0n) is 16.1. The van der Waals surface area contributed by atoms with Crippen LogP contribution in [0.2, 0.25) is 0 Å². The highest BCUT2D eigenvalue weighted by Crippen LogP contribution is 2.22. The maximum absolute atomic E-state index is 5.29. The highest BCUT2D eigenvalue weighted by molar-refractivity contribution is 5.85. The molecule has 28 heavy (non-hydrogen) atoms. The van der Waals surface area contributed by atoms with Gasteiger partial charge in [-0.3, -0.25) is 9.88 Å². The average molecular weight is 368 g/mol. The second-order valence-electron chi connectivity index (χ2n) is 6.99. The first kappa shape index (κ1) is 18.2. The summed E-state index contributed by atoms with van der Waals surface area (Å²) in [6.07, 6.45) is 3.72. The van der Waals surface area contributed by atoms with E-state index in [2.05, 4.69) is 76.6 Å². The molecule has 4 aromatic rings. The minimum absolute atomic E-state index is 0.871. The molecule has 0 saturated carbocycles. The van der Waals surface area contributed by atoms with Gasteiger partial charge in [0.15, 0.2) is 0 Å². The minimum atomic E-state index is 0.871. The van der Waals surface area contributed by atoms with E-state index in [0.717, 1.165) is 25.4 Å². The molecule has 0 amide bonds. The molecule has 140 valence electrons. The van der Waals surface area contributed by atoms with Gasteiger partial charge in [-0.1, -0.05) is 54.6 Å². The van der Waals surface area contributed by atoms with Crippen molar-refractivity contribution in [3.05, 3.63) is 108 Å². The third-order valence-electron chi connectivity index (χ3n) is 4.99. The lowest BCUT2D eigenvalue weighted by molar-refractivity contribution is 0.248. The molecular formula is C25H24N2O. The lowest BCUT2D eigenvalue weighted by Gasteiger charge is -2.23. The van der Waals surface area contributed by atoms with Crippen molar-refractivity contribution in [3.8, 4) is 5.75 Å². The van der Waals surface area contributed by atoms with E-state index < -0.39 is 0 Å². The number of rotatable bonds is 7. The first-order chi connectivity index (χ1) is 13.8. The molecule has 0 bridgehead atoms. The number of aromatic nitrogens is 1. The highest BCUT2D eigenvalue weighted by Gasteiger charge is 2.11. The first-order valence-electron chi connectivity index (χ1n) is 9.52. The fraction of sp³-hybridized carbons (Fsp3) is 0.160. The number of fused-ring (bicyclic) bond motifs is 1. The number of methoxy groups -OCH3 is 1. The minimum Gasteiger partial charge on any atom is -0.497 e. The molecule has 0 radical (unpaired) electrons. The van der Waals surface area contributed by atoms with E-state index in [1.165, 1.54) is 27.5 Å². The molecule has 0 spiro atoms. The smallest absolute Gasteiger partial charge is 0.118 e. The summed E-state index contributed by atoms with van der Waals surface area (Å²) in [6, 6.07) is 27.7. The van der Waals surface area contributed by atoms with Crippen molar-refractivity contribution in [1.82, 2.24) is 9.88 Å². The maximum Gasteiger partial charge on any atom is 0.118 e. The first-order valence-corrected chi connectivity index (χ1v) is 9.52. The molecule has 0 aliphatic rings. The Morgan fingerprint density at radius 1 is 0.714 bits per heavy atom. The molecule has 0 N–H and O–H groups in total. The molecular weight excluding hydrogens is 344 g/mol. The van der Waals surface area contributed by atoms with Gasteiger partial charge < -0.3 is 4.74 Å². The van der Waals surface area contributed by atoms with Crippen LogP contribution in [0.15, 0.2) is 91.3 Å². The van der Waals surface area contributed by atoms with Gasteiger partial charge in [0, 0.05) is 32.0 Å². The van der Waals surface area contributed by atoms with E-state index in [-0.39, 0.29) is 0 Å². The average Bonchev–Trinajstić information content (AvgIpc) is 2.75. The number of benzene rings is 3. The molecule has 4 rings (SSSR count). The second-order valence-corrected chi connectivity index (χ2v) is 6.99. The molecule has 0 aliphatic carbocycles. The van der Waals surface area contributed by atoms with Crippen LogP contribution in [-0.2, 0) is 19.6 Å². The van der Waals surface area contributed by atoms with E-state index >= 15 is 0 Å². The monoisotopic (exact) mass is 368 g/mol. The van der Waals surface area contributed by atoms with Crippen LogP contribution < -0.4 is 4.74 Å². The van der Waals surface area contributed by atoms with Gasteiger partial charge in [-0.2, -0.15) is 0 Å². The summed E-state index contributed by atoms with van der Waals surface area (Å²) < 4.78 is 5.29. The second kappa shape index (κ2) is 8.68. The van der Waals surface area contributed by atoms with Crippen molar-refractivity contribution >= 4 is 10.8 Å². The van der Waals surface area contributed by atoms with Crippen molar-refractivity contribution in [2.24, 2.45) is 0 Å². The predicted octanol–water partition coefficient (Wildman–Crippen LogP) is 5.45. The number of pyridine rings is 1. The molecule has 0 atom stereocenters. The van der Waals surface area contributed by atoms with Crippen molar-refractivity contribution in [1.29, 1.82) is 0 Å². The van der Waals surface area contributed by atoms with E-state index in [4.69, 9.17) is 4.74 Å². The highest BCUT2D eigenvalue weighted by atomic mass is 16.5. The Bertz CT molecular complexity index is 1020. The van der Waals surface area contributed by atoms with Crippen molar-refractivity contribution in [2.75, 3.05) is 7.11 Å². The SMILES string of the molecule is COc1ccc(CN(Cc2ccncc2)Cc2cccc3ccccc23)cc1. The van der Waals surface area contributed by atoms with Crippen LogP contribution in [0, 0.1) is 0 Å². The van der Waals surface area contributed by atoms with Gasteiger partial charge in [0.25, 0.3) is 0 Å². The Morgan fingerprint density at radius 2 is 1.39 bits per heavy atom. The topological polar surface area (TPSA) is 25.4 Å². The molecule has 0 aliphatic heterocycles. The Morgan fingerprint density at radius 3 is 2.14 bits per heavy atom. The van der Waals surface area contributed by atoms with Gasteiger partial charge in [0.2, 0.25) is 0 Å². The normalized spacial score (nSPS) is 11.1. The standard InChI is InChI=1S/C25H24N2O/c1-28-24-11-9-20(10-12-24)17-27(18-21-13-15-26-16-14-21)19-23-7-4-6-22-5-2-3-8-25(22)23/h2-16H,17-19H2,1H3. The third-order valence-corrected chi connectivity index (χ3v) is 4.99. The van der Waals surface area contributed by atoms with Crippen LogP contribution in [0.25, 0.3) is 10.8 Å². The van der Waals surface area contributed by atoms with E-state index in [9.17, 15) is 0 Å². The van der Waals surface area contributed by atoms with Crippen LogP contribution >= 0.6 is 0 Å². The Labute approximate surface area is 166 Å². The zero-order chi connectivity index (χ0) is 19.2. The van der Waals surface area contributed by atoms with E-state index in [1.54, 1.807) is 7.11 Å². The fourth-order valence-electron chi connectivity index (χ4n) is 3.57. The summed E-state index contributed by atoms with van der Waals surface area (Å²) >= 11 is 0. The largest absolute Gasteiger partial charge is 0.497 e. The van der Waals surface area contributed by atoms with E-state index in [0.29, 0.717) is 0 Å². The van der Waals surface area contributed by atoms with Crippen LogP contribution in [0.1, 0.15) is 16.7 Å². The molecule has 0 saturated heterocycles. The van der Waals surface area contributed by atoms with Crippen LogP contribution in [0.4, 0.5) is 0 Å². The van der Waals surface area contributed by atoms with Gasteiger partial charge in [-0.15, -0.1) is 0 Å². The van der Waals surface area contributed by atoms with E-state index in [1.807, 2.05) is 24.5 Å². The maximum atomic E-state index is 5.29. The third kappa shape index (κ3) is 4.38. The van der Waals surface area contributed by atoms with Gasteiger partial charge in [-0.05, 0) is 51.7 Å². The Hall–Kier alpha value is -3.17. The number of hydrogen-bond acceptors (Lipinski definition) is 3. The summed E-state index contributed by atoms with van der Waals surface area (Å²) in [5.41, 5.74) is 3.89. The number of nitrogens with zero attached hydrogens (tertiary/aromatic N) is 2. The predicted molar refractivity (Wildman–Crippen MR) is 114 cm³/mol. The quantitative estimate of drug-likeness (QED) is 0.434. The van der Waals surface area contributed by atoms with Crippen LogP contribution in [-0.4, -0.2) is 17.0 Å². The summed E-state index contributed by atoms with van der Waals surface area (Å²) in [5, 5.41) is 2.60. The van der Waals surface area contributed by atoms with Gasteiger partial charge in [0.1, 0.15) is 5.75 Å². The van der Waals surface area contributed by atoms with Crippen molar-refractivity contribution < 1.29 is 4.74 Å². The lowest BCUT2D eigenvalue weighted by atomic mass is 10.0. The molecule has 1 aromatic heterocycles. The Balaban J connectivity index is 1.61. The van der Waals surface area contributed by atoms with Gasteiger partial charge >= 0.3 is 0 Å². The molecule has 3 aromatic carbocycles. The van der Waals surface area contributed by atoms with Crippen LogP contribution in [0.3, 0.4) is 0 Å². The Kier molecular flexibility index (Phi) is 5.64. The summed E-state index contributed by atoms with van der Waals surface area (Å²) in [4.78, 5) is 6.62. The number of ether oxygens (including phenoxy) is 1. The van der Waals surface area contributed by atoms with Crippen molar-refractivity contribution in [3.63, 3.8) is 0 Å². The summed E-state index contributed by atoms with van der Waals surface area (Å²) in [6.45, 7) is 2.63. The fourth-order valence-corrected chi connectivity index (χ4v) is 3.57. The molecule has 0 unspecified atom stereocenters. The van der Waals surface area contributed by atoms with Crippen LogP contribution in [0.5, 0.6) is 5.75 Å². The molecule has 3 heteroatoms. The van der Waals surface area contributed by atoms with Gasteiger partial charge in [-0.25, -0.2) is 0 Å². The summed E-state index contributed by atoms with van der Waals surface area (Å²) in [5.74, 6) is 0.887. The lowest BCUT2D eigenvalue weighted by Crippen LogP contribution is -2.22. The summed E-state index contributed by atoms with van der Waals surface area (Å²) in [7, 11) is 1.70. The van der Waals surface area contributed by atoms with Crippen molar-refractivity contribution in [2.45, 2.75) is 19.6 Å². The zero-order valence-corrected chi connectivity index (χ0v) is 16.1. The molecule has 3 nitrogen and oxygen atoms in total. The number of hydrogen-bond donors (Lipinski definition) is 0. The molecule has 1 heterocycles. The van der Waals surface area contributed by atoms with Gasteiger partial charge in [0.05, 0.1) is 7.11 Å².